The summed E-state index contributed by atoms with van der Waals surface area (Å²) in [5.74, 6) is 0. The van der Waals surface area contributed by atoms with E-state index in [1.165, 1.54) is 32.4 Å². The largest absolute Gasteiger partial charge is 0.394 e. The second-order valence-electron chi connectivity index (χ2n) is 6.17. The first-order valence-corrected chi connectivity index (χ1v) is 6.52. The Labute approximate surface area is 100 Å². The van der Waals surface area contributed by atoms with Gasteiger partial charge in [-0.05, 0) is 59.5 Å². The Morgan fingerprint density at radius 3 is 2.56 bits per heavy atom. The maximum atomic E-state index is 9.05. The van der Waals surface area contributed by atoms with Crippen LogP contribution in [0.5, 0.6) is 0 Å². The van der Waals surface area contributed by atoms with E-state index in [1.54, 1.807) is 0 Å². The lowest BCUT2D eigenvalue weighted by atomic mass is 9.97. The van der Waals surface area contributed by atoms with Gasteiger partial charge < -0.3 is 10.8 Å². The molecule has 0 aromatic heterocycles. The topological polar surface area (TPSA) is 49.5 Å². The Morgan fingerprint density at radius 2 is 2.06 bits per heavy atom. The van der Waals surface area contributed by atoms with Crippen molar-refractivity contribution in [3.05, 3.63) is 0 Å². The molecule has 3 heteroatoms. The second kappa shape index (κ2) is 5.48. The predicted molar refractivity (Wildman–Crippen MR) is 68.4 cm³/mol. The first-order chi connectivity index (χ1) is 7.37. The van der Waals surface area contributed by atoms with Crippen molar-refractivity contribution < 1.29 is 5.11 Å². The van der Waals surface area contributed by atoms with Crippen molar-refractivity contribution in [1.82, 2.24) is 4.90 Å². The summed E-state index contributed by atoms with van der Waals surface area (Å²) in [5, 5.41) is 9.05. The zero-order valence-corrected chi connectivity index (χ0v) is 11.1. The van der Waals surface area contributed by atoms with Gasteiger partial charge in [0.1, 0.15) is 0 Å². The molecule has 1 atom stereocenters. The molecule has 0 radical (unpaired) electrons. The minimum atomic E-state index is -0.388. The van der Waals surface area contributed by atoms with Crippen LogP contribution in [0.3, 0.4) is 0 Å². The van der Waals surface area contributed by atoms with Crippen molar-refractivity contribution in [3.63, 3.8) is 0 Å². The Balaban J connectivity index is 2.16. The lowest BCUT2D eigenvalue weighted by Crippen LogP contribution is -2.41. The molecule has 0 amide bonds. The molecule has 16 heavy (non-hydrogen) atoms. The van der Waals surface area contributed by atoms with E-state index in [1.807, 2.05) is 6.92 Å². The fourth-order valence-corrected chi connectivity index (χ4v) is 2.49. The Bertz CT molecular complexity index is 214. The van der Waals surface area contributed by atoms with E-state index in [0.29, 0.717) is 5.54 Å². The molecule has 3 N–H and O–H groups in total. The monoisotopic (exact) mass is 228 g/mol. The summed E-state index contributed by atoms with van der Waals surface area (Å²) >= 11 is 0. The fourth-order valence-electron chi connectivity index (χ4n) is 2.49. The molecule has 1 heterocycles. The molecular weight excluding hydrogens is 200 g/mol. The van der Waals surface area contributed by atoms with Gasteiger partial charge in [-0.15, -0.1) is 0 Å². The van der Waals surface area contributed by atoms with Gasteiger partial charge in [0.2, 0.25) is 0 Å². The Kier molecular flexibility index (Phi) is 4.77. The van der Waals surface area contributed by atoms with Gasteiger partial charge in [0, 0.05) is 11.1 Å². The summed E-state index contributed by atoms with van der Waals surface area (Å²) in [6, 6.07) is 0. The molecule has 1 aliphatic heterocycles. The lowest BCUT2D eigenvalue weighted by Gasteiger charge is -2.31. The van der Waals surface area contributed by atoms with Crippen LogP contribution in [0.4, 0.5) is 0 Å². The minimum Gasteiger partial charge on any atom is -0.394 e. The van der Waals surface area contributed by atoms with Crippen molar-refractivity contribution in [2.24, 2.45) is 5.73 Å². The average Bonchev–Trinajstić information content (AvgIpc) is 2.53. The summed E-state index contributed by atoms with van der Waals surface area (Å²) in [6.07, 6.45) is 5.87. The molecule has 1 saturated heterocycles. The summed E-state index contributed by atoms with van der Waals surface area (Å²) in [5.41, 5.74) is 5.90. The van der Waals surface area contributed by atoms with Gasteiger partial charge in [-0.25, -0.2) is 0 Å². The highest BCUT2D eigenvalue weighted by molar-refractivity contribution is 4.87. The molecule has 0 aromatic carbocycles. The van der Waals surface area contributed by atoms with Crippen LogP contribution in [0.2, 0.25) is 0 Å². The number of nitrogens with two attached hydrogens (primary N) is 1. The molecule has 0 saturated carbocycles. The van der Waals surface area contributed by atoms with Gasteiger partial charge >= 0.3 is 0 Å². The van der Waals surface area contributed by atoms with Crippen LogP contribution in [0.25, 0.3) is 0 Å². The van der Waals surface area contributed by atoms with Crippen LogP contribution in [-0.2, 0) is 0 Å². The third-order valence-corrected chi connectivity index (χ3v) is 3.86. The van der Waals surface area contributed by atoms with E-state index < -0.39 is 0 Å². The molecule has 0 aliphatic carbocycles. The van der Waals surface area contributed by atoms with Crippen molar-refractivity contribution in [2.75, 3.05) is 19.7 Å². The summed E-state index contributed by atoms with van der Waals surface area (Å²) in [7, 11) is 0. The lowest BCUT2D eigenvalue weighted by molar-refractivity contribution is 0.164. The average molecular weight is 228 g/mol. The van der Waals surface area contributed by atoms with Crippen LogP contribution < -0.4 is 5.73 Å². The highest BCUT2D eigenvalue weighted by atomic mass is 16.3. The molecule has 1 unspecified atom stereocenters. The number of hydrogen-bond acceptors (Lipinski definition) is 3. The van der Waals surface area contributed by atoms with Gasteiger partial charge in [0.25, 0.3) is 0 Å². The molecular formula is C13H28N2O. The first kappa shape index (κ1) is 13.9. The molecule has 0 bridgehead atoms. The maximum Gasteiger partial charge on any atom is 0.0608 e. The van der Waals surface area contributed by atoms with E-state index >= 15 is 0 Å². The first-order valence-electron chi connectivity index (χ1n) is 6.52. The number of aliphatic hydroxyl groups is 1. The van der Waals surface area contributed by atoms with Crippen LogP contribution >= 0.6 is 0 Å². The van der Waals surface area contributed by atoms with Gasteiger partial charge in [0.15, 0.2) is 0 Å². The quantitative estimate of drug-likeness (QED) is 0.681. The van der Waals surface area contributed by atoms with Crippen LogP contribution in [0.1, 0.15) is 52.9 Å². The van der Waals surface area contributed by atoms with Crippen LogP contribution in [-0.4, -0.2) is 40.8 Å². The predicted octanol–water partition coefficient (Wildman–Crippen LogP) is 1.74. The van der Waals surface area contributed by atoms with Crippen molar-refractivity contribution in [3.8, 4) is 0 Å². The standard InChI is InChI=1S/C13H28N2O/c1-12(2)7-6-10-15(12)9-5-4-8-13(3,14)11-16/h16H,4-11,14H2,1-3H3. The number of hydrogen-bond donors (Lipinski definition) is 2. The normalized spacial score (nSPS) is 24.6. The van der Waals surface area contributed by atoms with Crippen molar-refractivity contribution >= 4 is 0 Å². The van der Waals surface area contributed by atoms with Gasteiger partial charge in [0.05, 0.1) is 6.61 Å². The van der Waals surface area contributed by atoms with Crippen molar-refractivity contribution in [1.29, 1.82) is 0 Å². The Morgan fingerprint density at radius 1 is 1.38 bits per heavy atom. The zero-order valence-electron chi connectivity index (χ0n) is 11.1. The number of unbranched alkanes of at least 4 members (excludes halogenated alkanes) is 1. The van der Waals surface area contributed by atoms with Gasteiger partial charge in [-0.3, -0.25) is 4.90 Å². The van der Waals surface area contributed by atoms with Crippen LogP contribution in [0.15, 0.2) is 0 Å². The SMILES string of the molecule is CC(N)(CO)CCCCN1CCCC1(C)C. The highest BCUT2D eigenvalue weighted by Crippen LogP contribution is 2.28. The number of rotatable bonds is 6. The molecule has 3 nitrogen and oxygen atoms in total. The van der Waals surface area contributed by atoms with E-state index in [2.05, 4.69) is 18.7 Å². The van der Waals surface area contributed by atoms with E-state index in [9.17, 15) is 0 Å². The molecule has 96 valence electrons. The fraction of sp³-hybridized carbons (Fsp3) is 1.00. The molecule has 1 fully saturated rings. The summed E-state index contributed by atoms with van der Waals surface area (Å²) < 4.78 is 0. The van der Waals surface area contributed by atoms with Gasteiger partial charge in [-0.2, -0.15) is 0 Å². The van der Waals surface area contributed by atoms with E-state index in [4.69, 9.17) is 10.8 Å². The minimum absolute atomic E-state index is 0.0855. The van der Waals surface area contributed by atoms with E-state index in [0.717, 1.165) is 12.8 Å². The summed E-state index contributed by atoms with van der Waals surface area (Å²) in [4.78, 5) is 2.58. The Hall–Kier alpha value is -0.120. The third kappa shape index (κ3) is 4.04. The van der Waals surface area contributed by atoms with Crippen molar-refractivity contribution in [2.45, 2.75) is 64.0 Å². The van der Waals surface area contributed by atoms with Gasteiger partial charge in [-0.1, -0.05) is 6.42 Å². The smallest absolute Gasteiger partial charge is 0.0608 e. The number of aliphatic hydroxyl groups excluding tert-OH is 1. The zero-order chi connectivity index (χ0) is 12.2. The summed E-state index contributed by atoms with van der Waals surface area (Å²) in [6.45, 7) is 9.10. The van der Waals surface area contributed by atoms with E-state index in [-0.39, 0.29) is 12.1 Å². The number of likely N-dealkylation sites (tertiary alicyclic amines) is 1. The third-order valence-electron chi connectivity index (χ3n) is 3.86. The van der Waals surface area contributed by atoms with Crippen LogP contribution in [0, 0.1) is 0 Å². The molecule has 1 aliphatic rings. The maximum absolute atomic E-state index is 9.05. The molecule has 1 rings (SSSR count). The molecule has 0 aromatic rings. The molecule has 0 spiro atoms. The number of nitrogens with zero attached hydrogens (tertiary/aromatic N) is 1. The second-order valence-corrected chi connectivity index (χ2v) is 6.17. The highest BCUT2D eigenvalue weighted by Gasteiger charge is 2.31.